The monoisotopic (exact) mass is 413 g/mol. The Bertz CT molecular complexity index is 1340. The fourth-order valence-corrected chi connectivity index (χ4v) is 3.77. The standard InChI is InChI=1S/C22H23N9/c23-22(24)14-5-6-15-17(11-14)29-19(28-15)12-21-30-16-3-1-2-4-18(16)31(21)10-9-25-13-20-26-7-8-27-20/h1-8,11,25H,9-10,12-13H2,(H3,23,24)(H,26,27)(H,28,29). The average Bonchev–Trinajstić information content (AvgIpc) is 3.49. The number of H-pyrrole nitrogens is 2. The van der Waals surface area contributed by atoms with E-state index in [1.807, 2.05) is 42.6 Å². The van der Waals surface area contributed by atoms with Gasteiger partial charge in [0.2, 0.25) is 0 Å². The molecule has 0 aliphatic carbocycles. The van der Waals surface area contributed by atoms with Gasteiger partial charge in [0.1, 0.15) is 23.3 Å². The zero-order valence-electron chi connectivity index (χ0n) is 16.9. The van der Waals surface area contributed by atoms with E-state index in [-0.39, 0.29) is 5.84 Å². The van der Waals surface area contributed by atoms with E-state index in [2.05, 4.69) is 30.9 Å². The molecule has 9 heteroatoms. The summed E-state index contributed by atoms with van der Waals surface area (Å²) in [5.41, 5.74) is 10.1. The van der Waals surface area contributed by atoms with E-state index < -0.39 is 0 Å². The molecule has 9 nitrogen and oxygen atoms in total. The highest BCUT2D eigenvalue weighted by Crippen LogP contribution is 2.20. The molecule has 5 rings (SSSR count). The summed E-state index contributed by atoms with van der Waals surface area (Å²) in [5.74, 6) is 2.74. The highest BCUT2D eigenvalue weighted by Gasteiger charge is 2.13. The van der Waals surface area contributed by atoms with Gasteiger partial charge in [-0.15, -0.1) is 0 Å². The fraction of sp³-hybridized carbons (Fsp3) is 0.182. The Morgan fingerprint density at radius 1 is 1.10 bits per heavy atom. The molecule has 3 aromatic heterocycles. The van der Waals surface area contributed by atoms with Gasteiger partial charge in [0.05, 0.1) is 35.0 Å². The normalized spacial score (nSPS) is 11.5. The van der Waals surface area contributed by atoms with Crippen molar-refractivity contribution in [2.24, 2.45) is 5.73 Å². The number of amidine groups is 1. The van der Waals surface area contributed by atoms with Crippen LogP contribution in [0.15, 0.2) is 54.9 Å². The molecule has 0 atom stereocenters. The minimum Gasteiger partial charge on any atom is -0.384 e. The van der Waals surface area contributed by atoms with Crippen molar-refractivity contribution in [1.82, 2.24) is 34.8 Å². The lowest BCUT2D eigenvalue weighted by molar-refractivity contribution is 0.582. The summed E-state index contributed by atoms with van der Waals surface area (Å²) >= 11 is 0. The van der Waals surface area contributed by atoms with Crippen molar-refractivity contribution in [3.8, 4) is 0 Å². The van der Waals surface area contributed by atoms with E-state index in [9.17, 15) is 0 Å². The van der Waals surface area contributed by atoms with Gasteiger partial charge in [0.25, 0.3) is 0 Å². The van der Waals surface area contributed by atoms with Crippen molar-refractivity contribution in [3.05, 3.63) is 77.9 Å². The smallest absolute Gasteiger partial charge is 0.122 e. The first-order valence-corrected chi connectivity index (χ1v) is 10.1. The predicted molar refractivity (Wildman–Crippen MR) is 120 cm³/mol. The van der Waals surface area contributed by atoms with Gasteiger partial charge in [-0.05, 0) is 30.3 Å². The molecule has 0 spiro atoms. The summed E-state index contributed by atoms with van der Waals surface area (Å²) in [5, 5.41) is 11.1. The number of benzene rings is 2. The lowest BCUT2D eigenvalue weighted by Gasteiger charge is -2.09. The molecule has 0 bridgehead atoms. The number of hydrogen-bond donors (Lipinski definition) is 5. The molecule has 0 amide bonds. The van der Waals surface area contributed by atoms with E-state index in [1.54, 1.807) is 6.20 Å². The lowest BCUT2D eigenvalue weighted by Crippen LogP contribution is -2.21. The molecule has 3 heterocycles. The number of nitrogens with one attached hydrogen (secondary N) is 4. The summed E-state index contributed by atoms with van der Waals surface area (Å²) in [6, 6.07) is 13.7. The van der Waals surface area contributed by atoms with E-state index in [1.165, 1.54) is 0 Å². The second-order valence-corrected chi connectivity index (χ2v) is 7.39. The maximum Gasteiger partial charge on any atom is 0.122 e. The van der Waals surface area contributed by atoms with Crippen molar-refractivity contribution in [3.63, 3.8) is 0 Å². The first kappa shape index (κ1) is 19.0. The van der Waals surface area contributed by atoms with E-state index in [0.717, 1.165) is 52.6 Å². The van der Waals surface area contributed by atoms with Gasteiger partial charge in [-0.1, -0.05) is 12.1 Å². The van der Waals surface area contributed by atoms with Crippen molar-refractivity contribution in [1.29, 1.82) is 5.41 Å². The van der Waals surface area contributed by atoms with Gasteiger partial charge in [-0.3, -0.25) is 5.41 Å². The van der Waals surface area contributed by atoms with Crippen LogP contribution in [-0.2, 0) is 19.5 Å². The maximum absolute atomic E-state index is 7.63. The first-order valence-electron chi connectivity index (χ1n) is 10.1. The molecule has 0 fully saturated rings. The third-order valence-electron chi connectivity index (χ3n) is 5.26. The summed E-state index contributed by atoms with van der Waals surface area (Å²) in [7, 11) is 0. The summed E-state index contributed by atoms with van der Waals surface area (Å²) < 4.78 is 2.23. The third-order valence-corrected chi connectivity index (χ3v) is 5.26. The third kappa shape index (κ3) is 3.90. The highest BCUT2D eigenvalue weighted by atomic mass is 15.1. The number of aromatic nitrogens is 6. The number of hydrogen-bond acceptors (Lipinski definition) is 5. The van der Waals surface area contributed by atoms with Crippen LogP contribution in [0.5, 0.6) is 0 Å². The zero-order valence-corrected chi connectivity index (χ0v) is 16.9. The van der Waals surface area contributed by atoms with Gasteiger partial charge < -0.3 is 25.6 Å². The molecule has 2 aromatic carbocycles. The Hall–Kier alpha value is -3.98. The van der Waals surface area contributed by atoms with Crippen LogP contribution in [0, 0.1) is 5.41 Å². The van der Waals surface area contributed by atoms with Gasteiger partial charge in [-0.2, -0.15) is 0 Å². The number of nitrogens with two attached hydrogens (primary N) is 1. The highest BCUT2D eigenvalue weighted by molar-refractivity contribution is 5.97. The van der Waals surface area contributed by atoms with Crippen LogP contribution in [0.2, 0.25) is 0 Å². The van der Waals surface area contributed by atoms with Crippen LogP contribution < -0.4 is 11.1 Å². The largest absolute Gasteiger partial charge is 0.384 e. The summed E-state index contributed by atoms with van der Waals surface area (Å²) in [6.45, 7) is 2.26. The molecular formula is C22H23N9. The van der Waals surface area contributed by atoms with Gasteiger partial charge >= 0.3 is 0 Å². The molecular weight excluding hydrogens is 390 g/mol. The first-order chi connectivity index (χ1) is 15.2. The number of para-hydroxylation sites is 2. The Balaban J connectivity index is 1.39. The average molecular weight is 413 g/mol. The number of nitrogen functional groups attached to an aromatic ring is 1. The molecule has 5 aromatic rings. The van der Waals surface area contributed by atoms with E-state index >= 15 is 0 Å². The van der Waals surface area contributed by atoms with Gasteiger partial charge in [0.15, 0.2) is 0 Å². The van der Waals surface area contributed by atoms with Crippen LogP contribution >= 0.6 is 0 Å². The Labute approximate surface area is 178 Å². The number of nitrogens with zero attached hydrogens (tertiary/aromatic N) is 4. The van der Waals surface area contributed by atoms with Crippen LogP contribution in [0.1, 0.15) is 23.0 Å². The Morgan fingerprint density at radius 3 is 2.84 bits per heavy atom. The number of fused-ring (bicyclic) bond motifs is 2. The molecule has 0 aliphatic heterocycles. The minimum atomic E-state index is 0.0434. The zero-order chi connectivity index (χ0) is 21.2. The Kier molecular flexibility index (Phi) is 4.93. The van der Waals surface area contributed by atoms with Crippen molar-refractivity contribution < 1.29 is 0 Å². The molecule has 0 saturated carbocycles. The van der Waals surface area contributed by atoms with Gasteiger partial charge in [-0.25, -0.2) is 15.0 Å². The fourth-order valence-electron chi connectivity index (χ4n) is 3.77. The lowest BCUT2D eigenvalue weighted by atomic mass is 10.2. The van der Waals surface area contributed by atoms with Crippen molar-refractivity contribution >= 4 is 27.9 Å². The van der Waals surface area contributed by atoms with Crippen LogP contribution in [0.4, 0.5) is 0 Å². The molecule has 0 radical (unpaired) electrons. The van der Waals surface area contributed by atoms with E-state index in [4.69, 9.17) is 21.1 Å². The molecule has 156 valence electrons. The van der Waals surface area contributed by atoms with Gasteiger partial charge in [0, 0.05) is 31.0 Å². The van der Waals surface area contributed by atoms with Crippen molar-refractivity contribution in [2.45, 2.75) is 19.5 Å². The van der Waals surface area contributed by atoms with E-state index in [0.29, 0.717) is 18.5 Å². The SMILES string of the molecule is N=C(N)c1ccc2nc(Cc3nc4ccccc4n3CCNCc3ncc[nH]3)[nH]c2c1. The maximum atomic E-state index is 7.63. The summed E-state index contributed by atoms with van der Waals surface area (Å²) in [6.07, 6.45) is 4.16. The molecule has 0 aliphatic rings. The number of imidazole rings is 3. The minimum absolute atomic E-state index is 0.0434. The van der Waals surface area contributed by atoms with Crippen LogP contribution in [-0.4, -0.2) is 41.9 Å². The van der Waals surface area contributed by atoms with Crippen LogP contribution in [0.3, 0.4) is 0 Å². The second-order valence-electron chi connectivity index (χ2n) is 7.39. The number of aromatic amines is 2. The molecule has 0 unspecified atom stereocenters. The van der Waals surface area contributed by atoms with Crippen molar-refractivity contribution in [2.75, 3.05) is 6.54 Å². The topological polar surface area (TPSA) is 137 Å². The molecule has 31 heavy (non-hydrogen) atoms. The Morgan fingerprint density at radius 2 is 2.00 bits per heavy atom. The molecule has 0 saturated heterocycles. The predicted octanol–water partition coefficient (Wildman–Crippen LogP) is 2.30. The number of rotatable bonds is 8. The van der Waals surface area contributed by atoms with Crippen LogP contribution in [0.25, 0.3) is 22.1 Å². The molecule has 6 N–H and O–H groups in total. The second kappa shape index (κ2) is 8.04. The quantitative estimate of drug-likeness (QED) is 0.151. The summed E-state index contributed by atoms with van der Waals surface area (Å²) in [4.78, 5) is 20.3.